The lowest BCUT2D eigenvalue weighted by Crippen LogP contribution is -2.25. The third-order valence-corrected chi connectivity index (χ3v) is 3.17. The number of fused-ring (bicyclic) bond motifs is 3. The lowest BCUT2D eigenvalue weighted by atomic mass is 9.94. The number of primary amides is 1. The number of nitrogens with zero attached hydrogens (tertiary/aromatic N) is 2. The maximum Gasteiger partial charge on any atom is 0.268 e. The van der Waals surface area contributed by atoms with Crippen LogP contribution in [-0.4, -0.2) is 41.1 Å². The van der Waals surface area contributed by atoms with E-state index in [1.165, 1.54) is 0 Å². The molecule has 0 saturated heterocycles. The molecule has 3 N–H and O–H groups in total. The number of nitrogens with two attached hydrogens (primary N) is 1. The third kappa shape index (κ3) is 2.06. The van der Waals surface area contributed by atoms with Crippen LogP contribution in [0.15, 0.2) is 24.4 Å². The molecule has 0 aliphatic carbocycles. The van der Waals surface area contributed by atoms with Gasteiger partial charge in [0.1, 0.15) is 31.2 Å². The van der Waals surface area contributed by atoms with Gasteiger partial charge < -0.3 is 20.1 Å². The maximum absolute atomic E-state index is 11.3. The lowest BCUT2D eigenvalue weighted by molar-refractivity contribution is 0.0993. The minimum absolute atomic E-state index is 0.145. The standard InChI is InChI=1S/C13H12BN3O3/c14-7-1-2-11-9(3-7)13-16-10(12(15)19)5-17(13)4-8(6-18)20-11/h1-3,5,8,18H,4,6H2,(H2,15,19). The van der Waals surface area contributed by atoms with Crippen LogP contribution in [0.2, 0.25) is 0 Å². The molecule has 6 nitrogen and oxygen atoms in total. The first kappa shape index (κ1) is 12.7. The lowest BCUT2D eigenvalue weighted by Gasteiger charge is -2.15. The quantitative estimate of drug-likeness (QED) is 0.698. The van der Waals surface area contributed by atoms with Crippen LogP contribution in [0, 0.1) is 0 Å². The molecule has 2 heterocycles. The van der Waals surface area contributed by atoms with Gasteiger partial charge in [-0.15, -0.1) is 0 Å². The molecule has 2 aromatic rings. The molecule has 1 amide bonds. The van der Waals surface area contributed by atoms with Gasteiger partial charge in [-0.05, 0) is 6.07 Å². The van der Waals surface area contributed by atoms with E-state index in [2.05, 4.69) is 4.98 Å². The van der Waals surface area contributed by atoms with Crippen LogP contribution < -0.4 is 15.9 Å². The Balaban J connectivity index is 2.21. The molecule has 100 valence electrons. The molecule has 0 fully saturated rings. The molecule has 7 heteroatoms. The average Bonchev–Trinajstić information content (AvgIpc) is 2.78. The largest absolute Gasteiger partial charge is 0.485 e. The molecule has 20 heavy (non-hydrogen) atoms. The van der Waals surface area contributed by atoms with Gasteiger partial charge in [0.15, 0.2) is 0 Å². The van der Waals surface area contributed by atoms with E-state index in [0.717, 1.165) is 0 Å². The number of aromatic nitrogens is 2. The fraction of sp³-hybridized carbons (Fsp3) is 0.231. The van der Waals surface area contributed by atoms with E-state index in [4.69, 9.17) is 18.3 Å². The number of hydrogen-bond donors (Lipinski definition) is 2. The van der Waals surface area contributed by atoms with Crippen molar-refractivity contribution in [2.45, 2.75) is 12.6 Å². The fourth-order valence-corrected chi connectivity index (χ4v) is 2.25. The minimum Gasteiger partial charge on any atom is -0.485 e. The van der Waals surface area contributed by atoms with Crippen LogP contribution in [0.5, 0.6) is 5.75 Å². The van der Waals surface area contributed by atoms with Gasteiger partial charge in [-0.3, -0.25) is 4.79 Å². The molecular weight excluding hydrogens is 257 g/mol. The number of rotatable bonds is 2. The van der Waals surface area contributed by atoms with Crippen LogP contribution in [0.25, 0.3) is 11.4 Å². The number of hydrogen-bond acceptors (Lipinski definition) is 4. The molecule has 0 spiro atoms. The summed E-state index contributed by atoms with van der Waals surface area (Å²) in [7, 11) is 5.79. The second kappa shape index (κ2) is 4.68. The molecule has 2 radical (unpaired) electrons. The van der Waals surface area contributed by atoms with Crippen LogP contribution in [0.3, 0.4) is 0 Å². The Morgan fingerprint density at radius 3 is 3.10 bits per heavy atom. The predicted molar refractivity (Wildman–Crippen MR) is 73.1 cm³/mol. The summed E-state index contributed by atoms with van der Waals surface area (Å²) < 4.78 is 7.46. The topological polar surface area (TPSA) is 90.4 Å². The Bertz CT molecular complexity index is 683. The van der Waals surface area contributed by atoms with E-state index in [9.17, 15) is 9.90 Å². The number of carbonyl (C=O) groups is 1. The van der Waals surface area contributed by atoms with Gasteiger partial charge in [-0.1, -0.05) is 17.6 Å². The van der Waals surface area contributed by atoms with Crippen molar-refractivity contribution >= 4 is 19.2 Å². The smallest absolute Gasteiger partial charge is 0.268 e. The molecule has 1 atom stereocenters. The summed E-state index contributed by atoms with van der Waals surface area (Å²) in [4.78, 5) is 15.5. The monoisotopic (exact) mass is 269 g/mol. The van der Waals surface area contributed by atoms with Crippen LogP contribution in [0.1, 0.15) is 10.5 Å². The van der Waals surface area contributed by atoms with Gasteiger partial charge >= 0.3 is 0 Å². The molecule has 0 saturated carbocycles. The van der Waals surface area contributed by atoms with Crippen LogP contribution in [0.4, 0.5) is 0 Å². The normalized spacial score (nSPS) is 16.8. The molecule has 1 aromatic carbocycles. The molecule has 1 aliphatic heterocycles. The second-order valence-corrected chi connectivity index (χ2v) is 4.64. The third-order valence-electron chi connectivity index (χ3n) is 3.17. The van der Waals surface area contributed by atoms with Crippen LogP contribution >= 0.6 is 0 Å². The summed E-state index contributed by atoms with van der Waals surface area (Å²) in [6.45, 7) is 0.230. The average molecular weight is 269 g/mol. The summed E-state index contributed by atoms with van der Waals surface area (Å²) in [5.74, 6) is 0.521. The molecular formula is C13H12BN3O3. The van der Waals surface area contributed by atoms with Crippen molar-refractivity contribution in [1.29, 1.82) is 0 Å². The van der Waals surface area contributed by atoms with Crippen molar-refractivity contribution in [3.8, 4) is 17.1 Å². The van der Waals surface area contributed by atoms with E-state index in [-0.39, 0.29) is 12.3 Å². The molecule has 0 bridgehead atoms. The number of imidazole rings is 1. The van der Waals surface area contributed by atoms with E-state index >= 15 is 0 Å². The Kier molecular flexibility index (Phi) is 2.98. The first-order chi connectivity index (χ1) is 9.58. The fourth-order valence-electron chi connectivity index (χ4n) is 2.25. The highest BCUT2D eigenvalue weighted by Crippen LogP contribution is 2.32. The first-order valence-electron chi connectivity index (χ1n) is 6.13. The Labute approximate surface area is 116 Å². The number of amides is 1. The number of aliphatic hydroxyl groups is 1. The number of ether oxygens (including phenoxy) is 1. The zero-order valence-electron chi connectivity index (χ0n) is 10.6. The highest BCUT2D eigenvalue weighted by molar-refractivity contribution is 6.32. The van der Waals surface area contributed by atoms with Crippen molar-refractivity contribution in [2.75, 3.05) is 6.61 Å². The number of carbonyl (C=O) groups excluding carboxylic acids is 1. The molecule has 1 aliphatic rings. The van der Waals surface area contributed by atoms with E-state index < -0.39 is 12.0 Å². The summed E-state index contributed by atoms with van der Waals surface area (Å²) in [5.41, 5.74) is 6.67. The van der Waals surface area contributed by atoms with Crippen molar-refractivity contribution in [3.05, 3.63) is 30.1 Å². The van der Waals surface area contributed by atoms with Crippen molar-refractivity contribution < 1.29 is 14.6 Å². The summed E-state index contributed by atoms with van der Waals surface area (Å²) >= 11 is 0. The zero-order chi connectivity index (χ0) is 14.3. The van der Waals surface area contributed by atoms with Gasteiger partial charge in [0, 0.05) is 6.20 Å². The van der Waals surface area contributed by atoms with Crippen molar-refractivity contribution in [3.63, 3.8) is 0 Å². The van der Waals surface area contributed by atoms with Gasteiger partial charge in [0.25, 0.3) is 5.91 Å². The number of aliphatic hydroxyl groups excluding tert-OH is 1. The van der Waals surface area contributed by atoms with Gasteiger partial charge in [-0.25, -0.2) is 4.98 Å². The Hall–Kier alpha value is -2.28. The molecule has 3 rings (SSSR count). The van der Waals surface area contributed by atoms with E-state index in [1.807, 2.05) is 0 Å². The van der Waals surface area contributed by atoms with Crippen molar-refractivity contribution in [1.82, 2.24) is 9.55 Å². The van der Waals surface area contributed by atoms with E-state index in [1.54, 1.807) is 29.0 Å². The van der Waals surface area contributed by atoms with Gasteiger partial charge in [0.05, 0.1) is 18.7 Å². The summed E-state index contributed by atoms with van der Waals surface area (Å²) in [5, 5.41) is 9.36. The summed E-state index contributed by atoms with van der Waals surface area (Å²) in [6, 6.07) is 5.15. The molecule has 1 aromatic heterocycles. The Morgan fingerprint density at radius 1 is 1.60 bits per heavy atom. The summed E-state index contributed by atoms with van der Waals surface area (Å²) in [6.07, 6.45) is 1.13. The Morgan fingerprint density at radius 2 is 2.40 bits per heavy atom. The highest BCUT2D eigenvalue weighted by atomic mass is 16.5. The van der Waals surface area contributed by atoms with Gasteiger partial charge in [0.2, 0.25) is 0 Å². The maximum atomic E-state index is 11.3. The highest BCUT2D eigenvalue weighted by Gasteiger charge is 2.24. The zero-order valence-corrected chi connectivity index (χ0v) is 10.6. The SMILES string of the molecule is [B]c1ccc2c(c1)-c1nc(C(N)=O)cn1CC(CO)O2. The minimum atomic E-state index is -0.600. The predicted octanol–water partition coefficient (Wildman–Crippen LogP) is -0.804. The number of benzene rings is 1. The second-order valence-electron chi connectivity index (χ2n) is 4.64. The van der Waals surface area contributed by atoms with E-state index in [0.29, 0.717) is 29.1 Å². The van der Waals surface area contributed by atoms with Crippen molar-refractivity contribution in [2.24, 2.45) is 5.73 Å². The molecule has 1 unspecified atom stereocenters. The first-order valence-corrected chi connectivity index (χ1v) is 6.13. The van der Waals surface area contributed by atoms with Crippen LogP contribution in [-0.2, 0) is 6.54 Å². The van der Waals surface area contributed by atoms with Gasteiger partial charge in [-0.2, -0.15) is 0 Å².